The Labute approximate surface area is 115 Å². The van der Waals surface area contributed by atoms with Gasteiger partial charge in [-0.05, 0) is 36.3 Å². The van der Waals surface area contributed by atoms with Crippen LogP contribution < -0.4 is 5.32 Å². The fraction of sp³-hybridized carbons (Fsp3) is 0.562. The highest BCUT2D eigenvalue weighted by Gasteiger charge is 2.10. The summed E-state index contributed by atoms with van der Waals surface area (Å²) >= 11 is 0. The van der Waals surface area contributed by atoms with Gasteiger partial charge in [0.2, 0.25) is 5.91 Å². The average molecular weight is 265 g/mol. The molecule has 0 atom stereocenters. The van der Waals surface area contributed by atoms with Crippen molar-refractivity contribution in [3.63, 3.8) is 0 Å². The summed E-state index contributed by atoms with van der Waals surface area (Å²) in [6.45, 7) is 7.26. The number of aryl methyl sites for hydroxylation is 1. The highest BCUT2D eigenvalue weighted by atomic mass is 19.1. The minimum absolute atomic E-state index is 0.00263. The first kappa shape index (κ1) is 15.7. The Morgan fingerprint density at radius 3 is 2.58 bits per heavy atom. The monoisotopic (exact) mass is 265 g/mol. The molecule has 1 rings (SSSR count). The zero-order valence-electron chi connectivity index (χ0n) is 12.1. The van der Waals surface area contributed by atoms with Crippen molar-refractivity contribution in [3.8, 4) is 0 Å². The van der Waals surface area contributed by atoms with Gasteiger partial charge in [0.05, 0.1) is 0 Å². The van der Waals surface area contributed by atoms with Crippen molar-refractivity contribution in [2.45, 2.75) is 46.5 Å². The van der Waals surface area contributed by atoms with Gasteiger partial charge in [-0.25, -0.2) is 4.39 Å². The summed E-state index contributed by atoms with van der Waals surface area (Å²) in [5, 5.41) is 2.88. The van der Waals surface area contributed by atoms with Crippen molar-refractivity contribution < 1.29 is 9.18 Å². The van der Waals surface area contributed by atoms with Gasteiger partial charge in [0.15, 0.2) is 0 Å². The topological polar surface area (TPSA) is 29.1 Å². The van der Waals surface area contributed by atoms with E-state index in [4.69, 9.17) is 0 Å². The number of amides is 1. The fourth-order valence-electron chi connectivity index (χ4n) is 1.88. The van der Waals surface area contributed by atoms with Crippen LogP contribution in [0.25, 0.3) is 0 Å². The van der Waals surface area contributed by atoms with E-state index in [1.807, 2.05) is 0 Å². The first-order valence-corrected chi connectivity index (χ1v) is 6.88. The van der Waals surface area contributed by atoms with E-state index >= 15 is 0 Å². The lowest BCUT2D eigenvalue weighted by molar-refractivity contribution is -0.121. The Morgan fingerprint density at radius 1 is 1.26 bits per heavy atom. The van der Waals surface area contributed by atoms with Crippen LogP contribution in [0.3, 0.4) is 0 Å². The molecule has 0 heterocycles. The largest absolute Gasteiger partial charge is 0.356 e. The van der Waals surface area contributed by atoms with E-state index in [1.165, 1.54) is 6.07 Å². The summed E-state index contributed by atoms with van der Waals surface area (Å²) in [6.07, 6.45) is 2.86. The maximum absolute atomic E-state index is 13.3. The molecular formula is C16H24FNO. The number of nitrogens with one attached hydrogen (secondary N) is 1. The number of halogens is 1. The van der Waals surface area contributed by atoms with Crippen molar-refractivity contribution in [3.05, 3.63) is 35.6 Å². The Morgan fingerprint density at radius 2 is 1.95 bits per heavy atom. The van der Waals surface area contributed by atoms with Crippen LogP contribution in [-0.4, -0.2) is 12.5 Å². The third kappa shape index (κ3) is 6.94. The minimum Gasteiger partial charge on any atom is -0.356 e. The molecule has 0 saturated carbocycles. The lowest BCUT2D eigenvalue weighted by Crippen LogP contribution is -2.25. The van der Waals surface area contributed by atoms with E-state index in [1.54, 1.807) is 18.2 Å². The third-order valence-electron chi connectivity index (χ3n) is 3.00. The molecule has 0 unspecified atom stereocenters. The molecular weight excluding hydrogens is 241 g/mol. The second kappa shape index (κ2) is 7.27. The summed E-state index contributed by atoms with van der Waals surface area (Å²) in [7, 11) is 0. The fourth-order valence-corrected chi connectivity index (χ4v) is 1.88. The number of carbonyl (C=O) groups is 1. The molecule has 0 radical (unpaired) electrons. The van der Waals surface area contributed by atoms with Gasteiger partial charge in [0.1, 0.15) is 5.82 Å². The standard InChI is InChI=1S/C16H24FNO/c1-16(2,3)11-6-12-18-15(19)10-9-13-7-4-5-8-14(13)17/h4-5,7-8H,6,9-12H2,1-3H3,(H,18,19). The highest BCUT2D eigenvalue weighted by molar-refractivity contribution is 5.76. The van der Waals surface area contributed by atoms with Gasteiger partial charge < -0.3 is 5.32 Å². The molecule has 1 aromatic carbocycles. The SMILES string of the molecule is CC(C)(C)CCCNC(=O)CCc1ccccc1F. The van der Waals surface area contributed by atoms with Gasteiger partial charge in [-0.2, -0.15) is 0 Å². The minimum atomic E-state index is -0.233. The summed E-state index contributed by atoms with van der Waals surface area (Å²) < 4.78 is 13.3. The number of benzene rings is 1. The summed E-state index contributed by atoms with van der Waals surface area (Å²) in [5.74, 6) is -0.236. The van der Waals surface area contributed by atoms with Crippen molar-refractivity contribution in [2.75, 3.05) is 6.54 Å². The molecule has 19 heavy (non-hydrogen) atoms. The number of rotatable bonds is 6. The molecule has 3 heteroatoms. The predicted octanol–water partition coefficient (Wildman–Crippen LogP) is 3.70. The highest BCUT2D eigenvalue weighted by Crippen LogP contribution is 2.19. The molecule has 0 saturated heterocycles. The van der Waals surface area contributed by atoms with Crippen LogP contribution in [0.1, 0.15) is 45.6 Å². The van der Waals surface area contributed by atoms with E-state index in [0.29, 0.717) is 30.4 Å². The van der Waals surface area contributed by atoms with Crippen LogP contribution >= 0.6 is 0 Å². The van der Waals surface area contributed by atoms with E-state index < -0.39 is 0 Å². The Bertz CT molecular complexity index is 409. The number of hydrogen-bond acceptors (Lipinski definition) is 1. The van der Waals surface area contributed by atoms with Crippen LogP contribution in [0, 0.1) is 11.2 Å². The zero-order valence-corrected chi connectivity index (χ0v) is 12.1. The molecule has 0 spiro atoms. The molecule has 0 aliphatic rings. The maximum Gasteiger partial charge on any atom is 0.220 e. The summed E-state index contributed by atoms with van der Waals surface area (Å²) in [6, 6.07) is 6.60. The number of hydrogen-bond donors (Lipinski definition) is 1. The third-order valence-corrected chi connectivity index (χ3v) is 3.00. The average Bonchev–Trinajstić information content (AvgIpc) is 2.32. The van der Waals surface area contributed by atoms with Crippen LogP contribution in [0.2, 0.25) is 0 Å². The second-order valence-electron chi connectivity index (χ2n) is 6.11. The first-order valence-electron chi connectivity index (χ1n) is 6.88. The number of carbonyl (C=O) groups excluding carboxylic acids is 1. The van der Waals surface area contributed by atoms with Gasteiger partial charge in [-0.1, -0.05) is 39.0 Å². The second-order valence-corrected chi connectivity index (χ2v) is 6.11. The van der Waals surface area contributed by atoms with Crippen molar-refractivity contribution in [1.29, 1.82) is 0 Å². The Hall–Kier alpha value is -1.38. The molecule has 0 aliphatic carbocycles. The molecule has 1 N–H and O–H groups in total. The van der Waals surface area contributed by atoms with Crippen LogP contribution in [0.15, 0.2) is 24.3 Å². The molecule has 0 aliphatic heterocycles. The summed E-state index contributed by atoms with van der Waals surface area (Å²) in [5.41, 5.74) is 0.907. The van der Waals surface area contributed by atoms with Gasteiger partial charge in [0.25, 0.3) is 0 Å². The van der Waals surface area contributed by atoms with Crippen LogP contribution in [0.4, 0.5) is 4.39 Å². The molecule has 0 bridgehead atoms. The predicted molar refractivity (Wildman–Crippen MR) is 76.4 cm³/mol. The van der Waals surface area contributed by atoms with E-state index in [-0.39, 0.29) is 11.7 Å². The zero-order chi connectivity index (χ0) is 14.3. The molecule has 2 nitrogen and oxygen atoms in total. The van der Waals surface area contributed by atoms with E-state index in [9.17, 15) is 9.18 Å². The molecule has 1 amide bonds. The lowest BCUT2D eigenvalue weighted by Gasteiger charge is -2.17. The molecule has 0 fully saturated rings. The van der Waals surface area contributed by atoms with Crippen LogP contribution in [0.5, 0.6) is 0 Å². The normalized spacial score (nSPS) is 11.4. The van der Waals surface area contributed by atoms with E-state index in [0.717, 1.165) is 12.8 Å². The Kier molecular flexibility index (Phi) is 6.00. The lowest BCUT2D eigenvalue weighted by atomic mass is 9.91. The summed E-state index contributed by atoms with van der Waals surface area (Å²) in [4.78, 5) is 11.6. The Balaban J connectivity index is 2.20. The quantitative estimate of drug-likeness (QED) is 0.781. The van der Waals surface area contributed by atoms with Crippen molar-refractivity contribution >= 4 is 5.91 Å². The van der Waals surface area contributed by atoms with Crippen molar-refractivity contribution in [1.82, 2.24) is 5.32 Å². The maximum atomic E-state index is 13.3. The molecule has 0 aromatic heterocycles. The molecule has 1 aromatic rings. The van der Waals surface area contributed by atoms with Gasteiger partial charge in [-0.3, -0.25) is 4.79 Å². The molecule has 106 valence electrons. The van der Waals surface area contributed by atoms with Gasteiger partial charge in [-0.15, -0.1) is 0 Å². The van der Waals surface area contributed by atoms with Crippen molar-refractivity contribution in [2.24, 2.45) is 5.41 Å². The van der Waals surface area contributed by atoms with Crippen LogP contribution in [-0.2, 0) is 11.2 Å². The first-order chi connectivity index (χ1) is 8.88. The van der Waals surface area contributed by atoms with Gasteiger partial charge in [0, 0.05) is 13.0 Å². The van der Waals surface area contributed by atoms with Gasteiger partial charge >= 0.3 is 0 Å². The smallest absolute Gasteiger partial charge is 0.220 e. The van der Waals surface area contributed by atoms with E-state index in [2.05, 4.69) is 26.1 Å².